The minimum Gasteiger partial charge on any atom is -0.346 e. The molecule has 4 N–H and O–H groups in total. The van der Waals surface area contributed by atoms with Crippen molar-refractivity contribution >= 4 is 39.9 Å². The summed E-state index contributed by atoms with van der Waals surface area (Å²) < 4.78 is 0. The van der Waals surface area contributed by atoms with E-state index in [1.54, 1.807) is 0 Å². The van der Waals surface area contributed by atoms with Gasteiger partial charge in [0.1, 0.15) is 0 Å². The molecule has 8 heteroatoms. The normalized spacial score (nSPS) is 10.4. The first-order chi connectivity index (χ1) is 11.0. The van der Waals surface area contributed by atoms with Gasteiger partial charge in [-0.3, -0.25) is 9.59 Å². The molecule has 0 atom stereocenters. The minimum atomic E-state index is -0.378. The number of thiazole rings is 1. The van der Waals surface area contributed by atoms with Crippen LogP contribution in [0.4, 0.5) is 5.13 Å². The maximum absolute atomic E-state index is 11.7. The molecule has 0 radical (unpaired) electrons. The standard InChI is InChI=1S/C15H17ClN4O2S/c1-9-12(6-10-3-2-4-11(16)5-10)23-15(19-9)20-14(22)8-18-13(21)7-17/h2-5H,6-8,17H2,1H3,(H,18,21)(H,19,20,22). The Morgan fingerprint density at radius 1 is 1.35 bits per heavy atom. The Balaban J connectivity index is 1.98. The van der Waals surface area contributed by atoms with Crippen molar-refractivity contribution in [2.45, 2.75) is 13.3 Å². The molecule has 6 nitrogen and oxygen atoms in total. The van der Waals surface area contributed by atoms with Crippen LogP contribution in [0.25, 0.3) is 0 Å². The molecule has 0 aliphatic heterocycles. The fourth-order valence-corrected chi connectivity index (χ4v) is 3.12. The van der Waals surface area contributed by atoms with Crippen LogP contribution in [0.2, 0.25) is 5.02 Å². The summed E-state index contributed by atoms with van der Waals surface area (Å²) in [6.07, 6.45) is 0.698. The number of aryl methyl sites for hydroxylation is 1. The van der Waals surface area contributed by atoms with Crippen molar-refractivity contribution in [3.8, 4) is 0 Å². The lowest BCUT2D eigenvalue weighted by atomic mass is 10.1. The first-order valence-corrected chi connectivity index (χ1v) is 8.14. The highest BCUT2D eigenvalue weighted by Crippen LogP contribution is 2.25. The molecule has 1 heterocycles. The first-order valence-electron chi connectivity index (χ1n) is 6.95. The minimum absolute atomic E-state index is 0.127. The van der Waals surface area contributed by atoms with Gasteiger partial charge in [0.15, 0.2) is 5.13 Å². The van der Waals surface area contributed by atoms with E-state index in [1.807, 2.05) is 31.2 Å². The molecule has 0 saturated carbocycles. The summed E-state index contributed by atoms with van der Waals surface area (Å²) in [5, 5.41) is 6.27. The predicted octanol–water partition coefficient (Wildman–Crippen LogP) is 1.71. The summed E-state index contributed by atoms with van der Waals surface area (Å²) in [5.74, 6) is -0.716. The van der Waals surface area contributed by atoms with E-state index in [0.717, 1.165) is 16.1 Å². The summed E-state index contributed by atoms with van der Waals surface area (Å²) in [5.41, 5.74) is 7.09. The lowest BCUT2D eigenvalue weighted by Crippen LogP contribution is -2.36. The number of nitrogens with one attached hydrogen (secondary N) is 2. The maximum Gasteiger partial charge on any atom is 0.245 e. The van der Waals surface area contributed by atoms with Crippen molar-refractivity contribution in [1.82, 2.24) is 10.3 Å². The van der Waals surface area contributed by atoms with Crippen LogP contribution in [-0.2, 0) is 16.0 Å². The molecule has 0 unspecified atom stereocenters. The summed E-state index contributed by atoms with van der Waals surface area (Å²) >= 11 is 7.39. The molecule has 0 bridgehead atoms. The van der Waals surface area contributed by atoms with Crippen LogP contribution in [0, 0.1) is 6.92 Å². The third kappa shape index (κ3) is 5.31. The van der Waals surface area contributed by atoms with Crippen molar-refractivity contribution in [3.63, 3.8) is 0 Å². The number of rotatable bonds is 6. The molecule has 2 amide bonds. The second-order valence-corrected chi connectivity index (χ2v) is 6.38. The Bertz CT molecular complexity index is 717. The molecule has 0 fully saturated rings. The van der Waals surface area contributed by atoms with Gasteiger partial charge in [-0.1, -0.05) is 23.7 Å². The van der Waals surface area contributed by atoms with E-state index in [-0.39, 0.29) is 24.9 Å². The number of carbonyl (C=O) groups is 2. The highest BCUT2D eigenvalue weighted by Gasteiger charge is 2.11. The van der Waals surface area contributed by atoms with E-state index in [4.69, 9.17) is 17.3 Å². The van der Waals surface area contributed by atoms with Crippen molar-refractivity contribution in [2.24, 2.45) is 5.73 Å². The largest absolute Gasteiger partial charge is 0.346 e. The molecule has 2 rings (SSSR count). The van der Waals surface area contributed by atoms with E-state index in [0.29, 0.717) is 16.6 Å². The fraction of sp³-hybridized carbons (Fsp3) is 0.267. The lowest BCUT2D eigenvalue weighted by molar-refractivity contribution is -0.123. The predicted molar refractivity (Wildman–Crippen MR) is 91.8 cm³/mol. The Morgan fingerprint density at radius 2 is 2.13 bits per heavy atom. The van der Waals surface area contributed by atoms with Crippen LogP contribution in [0.1, 0.15) is 16.1 Å². The van der Waals surface area contributed by atoms with Crippen molar-refractivity contribution in [2.75, 3.05) is 18.4 Å². The average molecular weight is 353 g/mol. The molecule has 0 aliphatic rings. The van der Waals surface area contributed by atoms with Crippen molar-refractivity contribution < 1.29 is 9.59 Å². The van der Waals surface area contributed by atoms with E-state index < -0.39 is 0 Å². The second kappa shape index (κ2) is 8.05. The molecule has 0 aliphatic carbocycles. The Labute approximate surface area is 143 Å². The lowest BCUT2D eigenvalue weighted by Gasteiger charge is -2.03. The number of hydrogen-bond donors (Lipinski definition) is 3. The van der Waals surface area contributed by atoms with E-state index >= 15 is 0 Å². The molecule has 23 heavy (non-hydrogen) atoms. The molecule has 1 aromatic heterocycles. The number of benzene rings is 1. The van der Waals surface area contributed by atoms with Gasteiger partial charge in [-0.2, -0.15) is 0 Å². The van der Waals surface area contributed by atoms with Gasteiger partial charge in [0, 0.05) is 16.3 Å². The van der Waals surface area contributed by atoms with Crippen LogP contribution in [0.15, 0.2) is 24.3 Å². The number of nitrogens with two attached hydrogens (primary N) is 1. The zero-order chi connectivity index (χ0) is 16.8. The summed E-state index contributed by atoms with van der Waals surface area (Å²) in [4.78, 5) is 28.1. The average Bonchev–Trinajstić information content (AvgIpc) is 2.84. The van der Waals surface area contributed by atoms with Crippen LogP contribution in [0.3, 0.4) is 0 Å². The Hall–Kier alpha value is -1.96. The number of nitrogens with zero attached hydrogens (tertiary/aromatic N) is 1. The summed E-state index contributed by atoms with van der Waals surface area (Å²) in [7, 11) is 0. The SMILES string of the molecule is Cc1nc(NC(=O)CNC(=O)CN)sc1Cc1cccc(Cl)c1. The number of amides is 2. The maximum atomic E-state index is 11.7. The first kappa shape index (κ1) is 17.4. The molecule has 2 aromatic rings. The van der Waals surface area contributed by atoms with Crippen LogP contribution < -0.4 is 16.4 Å². The van der Waals surface area contributed by atoms with Gasteiger partial charge in [-0.15, -0.1) is 11.3 Å². The number of halogens is 1. The second-order valence-electron chi connectivity index (χ2n) is 4.86. The number of aromatic nitrogens is 1. The highest BCUT2D eigenvalue weighted by molar-refractivity contribution is 7.15. The molecule has 122 valence electrons. The van der Waals surface area contributed by atoms with Gasteiger partial charge in [0.25, 0.3) is 0 Å². The zero-order valence-electron chi connectivity index (χ0n) is 12.6. The Morgan fingerprint density at radius 3 is 2.83 bits per heavy atom. The van der Waals surface area contributed by atoms with Crippen molar-refractivity contribution in [1.29, 1.82) is 0 Å². The van der Waals surface area contributed by atoms with Gasteiger partial charge in [0.2, 0.25) is 11.8 Å². The van der Waals surface area contributed by atoms with Gasteiger partial charge in [-0.25, -0.2) is 4.98 Å². The summed E-state index contributed by atoms with van der Waals surface area (Å²) in [6, 6.07) is 7.62. The van der Waals surface area contributed by atoms with Crippen LogP contribution in [0.5, 0.6) is 0 Å². The smallest absolute Gasteiger partial charge is 0.245 e. The summed E-state index contributed by atoms with van der Waals surface area (Å²) in [6.45, 7) is 1.62. The zero-order valence-corrected chi connectivity index (χ0v) is 14.1. The van der Waals surface area contributed by atoms with Gasteiger partial charge in [0.05, 0.1) is 18.8 Å². The third-order valence-corrected chi connectivity index (χ3v) is 4.33. The number of carbonyl (C=O) groups excluding carboxylic acids is 2. The monoisotopic (exact) mass is 352 g/mol. The van der Waals surface area contributed by atoms with Crippen LogP contribution >= 0.6 is 22.9 Å². The Kier molecular flexibility index (Phi) is 6.09. The van der Waals surface area contributed by atoms with E-state index in [1.165, 1.54) is 11.3 Å². The number of hydrogen-bond acceptors (Lipinski definition) is 5. The van der Waals surface area contributed by atoms with Gasteiger partial charge < -0.3 is 16.4 Å². The molecular formula is C15H17ClN4O2S. The number of anilines is 1. The highest BCUT2D eigenvalue weighted by atomic mass is 35.5. The molecule has 0 saturated heterocycles. The third-order valence-electron chi connectivity index (χ3n) is 3.02. The molecule has 0 spiro atoms. The fourth-order valence-electron chi connectivity index (χ4n) is 1.89. The molecular weight excluding hydrogens is 336 g/mol. The molecule has 1 aromatic carbocycles. The van der Waals surface area contributed by atoms with Gasteiger partial charge in [-0.05, 0) is 24.6 Å². The quantitative estimate of drug-likeness (QED) is 0.737. The van der Waals surface area contributed by atoms with E-state index in [2.05, 4.69) is 15.6 Å². The van der Waals surface area contributed by atoms with E-state index in [9.17, 15) is 9.59 Å². The van der Waals surface area contributed by atoms with Crippen LogP contribution in [-0.4, -0.2) is 29.9 Å². The van der Waals surface area contributed by atoms with Crippen molar-refractivity contribution in [3.05, 3.63) is 45.4 Å². The van der Waals surface area contributed by atoms with Gasteiger partial charge >= 0.3 is 0 Å². The topological polar surface area (TPSA) is 97.1 Å².